The normalized spacial score (nSPS) is 19.1. The van der Waals surface area contributed by atoms with Gasteiger partial charge in [-0.25, -0.2) is 4.79 Å². The molecule has 4 heteroatoms. The van der Waals surface area contributed by atoms with Crippen LogP contribution in [0.5, 0.6) is 0 Å². The predicted molar refractivity (Wildman–Crippen MR) is 99.4 cm³/mol. The van der Waals surface area contributed by atoms with Crippen LogP contribution in [0.25, 0.3) is 0 Å². The number of rotatable bonds is 6. The van der Waals surface area contributed by atoms with Gasteiger partial charge < -0.3 is 15.7 Å². The number of aliphatic hydroxyl groups is 1. The third-order valence-electron chi connectivity index (χ3n) is 4.59. The van der Waals surface area contributed by atoms with Gasteiger partial charge in [-0.2, -0.15) is 0 Å². The highest BCUT2D eigenvalue weighted by atomic mass is 16.3. The molecule has 0 unspecified atom stereocenters. The molecule has 1 aliphatic carbocycles. The number of hydrogen-bond donors (Lipinski definition) is 3. The molecule has 2 atom stereocenters. The lowest BCUT2D eigenvalue weighted by molar-refractivity contribution is 0.231. The second kappa shape index (κ2) is 8.49. The van der Waals surface area contributed by atoms with Crippen LogP contribution in [-0.4, -0.2) is 30.3 Å². The third-order valence-corrected chi connectivity index (χ3v) is 4.59. The van der Waals surface area contributed by atoms with Gasteiger partial charge in [-0.1, -0.05) is 72.8 Å². The largest absolute Gasteiger partial charge is 0.396 e. The first kappa shape index (κ1) is 17.2. The second-order valence-electron chi connectivity index (χ2n) is 6.40. The Balaban J connectivity index is 1.61. The Kier molecular flexibility index (Phi) is 5.86. The molecule has 0 aliphatic heterocycles. The molecule has 2 aromatic carbocycles. The quantitative estimate of drug-likeness (QED) is 0.710. The van der Waals surface area contributed by atoms with Crippen molar-refractivity contribution in [2.75, 3.05) is 13.2 Å². The van der Waals surface area contributed by atoms with Crippen molar-refractivity contribution in [2.45, 2.75) is 18.4 Å². The molecule has 2 aromatic rings. The Bertz CT molecular complexity index is 661. The minimum atomic E-state index is -0.176. The number of nitrogens with one attached hydrogen (secondary N) is 2. The van der Waals surface area contributed by atoms with E-state index in [2.05, 4.69) is 34.9 Å². The van der Waals surface area contributed by atoms with Crippen LogP contribution in [0.4, 0.5) is 4.79 Å². The number of aliphatic hydroxyl groups excluding tert-OH is 1. The lowest BCUT2D eigenvalue weighted by atomic mass is 9.91. The number of urea groups is 1. The van der Waals surface area contributed by atoms with Crippen LogP contribution in [0.15, 0.2) is 72.8 Å². The van der Waals surface area contributed by atoms with Crippen molar-refractivity contribution in [3.05, 3.63) is 83.9 Å². The van der Waals surface area contributed by atoms with Crippen molar-refractivity contribution in [3.8, 4) is 0 Å². The van der Waals surface area contributed by atoms with Crippen molar-refractivity contribution in [1.82, 2.24) is 10.6 Å². The molecule has 0 heterocycles. The van der Waals surface area contributed by atoms with Gasteiger partial charge in [0, 0.05) is 31.0 Å². The molecule has 25 heavy (non-hydrogen) atoms. The van der Waals surface area contributed by atoms with E-state index in [0.717, 1.165) is 6.42 Å². The average Bonchev–Trinajstić information content (AvgIpc) is 3.11. The van der Waals surface area contributed by atoms with Crippen LogP contribution >= 0.6 is 0 Å². The summed E-state index contributed by atoms with van der Waals surface area (Å²) in [5, 5.41) is 15.1. The van der Waals surface area contributed by atoms with E-state index < -0.39 is 0 Å². The number of benzene rings is 2. The van der Waals surface area contributed by atoms with Crippen LogP contribution in [0.1, 0.15) is 23.5 Å². The van der Waals surface area contributed by atoms with Gasteiger partial charge in [-0.15, -0.1) is 0 Å². The highest BCUT2D eigenvalue weighted by Crippen LogP contribution is 2.23. The lowest BCUT2D eigenvalue weighted by Gasteiger charge is -2.20. The summed E-state index contributed by atoms with van der Waals surface area (Å²) in [7, 11) is 0. The van der Waals surface area contributed by atoms with Crippen molar-refractivity contribution in [3.63, 3.8) is 0 Å². The van der Waals surface area contributed by atoms with Gasteiger partial charge in [-0.3, -0.25) is 0 Å². The summed E-state index contributed by atoms with van der Waals surface area (Å²) in [6, 6.07) is 20.2. The highest BCUT2D eigenvalue weighted by Gasteiger charge is 2.20. The Morgan fingerprint density at radius 2 is 1.60 bits per heavy atom. The maximum atomic E-state index is 12.2. The Morgan fingerprint density at radius 3 is 2.12 bits per heavy atom. The highest BCUT2D eigenvalue weighted by molar-refractivity contribution is 5.74. The third kappa shape index (κ3) is 4.70. The van der Waals surface area contributed by atoms with Gasteiger partial charge in [0.25, 0.3) is 0 Å². The first-order valence-corrected chi connectivity index (χ1v) is 8.69. The summed E-state index contributed by atoms with van der Waals surface area (Å²) in [5.41, 5.74) is 2.35. The van der Waals surface area contributed by atoms with Gasteiger partial charge in [0.2, 0.25) is 0 Å². The van der Waals surface area contributed by atoms with E-state index in [1.807, 2.05) is 48.6 Å². The Morgan fingerprint density at radius 1 is 1.00 bits per heavy atom. The van der Waals surface area contributed by atoms with Crippen molar-refractivity contribution >= 4 is 6.03 Å². The predicted octanol–water partition coefficient (Wildman–Crippen LogP) is 3.05. The first-order chi connectivity index (χ1) is 12.3. The molecule has 130 valence electrons. The zero-order valence-corrected chi connectivity index (χ0v) is 14.1. The fourth-order valence-corrected chi connectivity index (χ4v) is 3.23. The monoisotopic (exact) mass is 336 g/mol. The molecule has 1 aliphatic rings. The SMILES string of the molecule is O=C(NCC(c1ccccc1)c1ccccc1)N[C@@H]1C=C[C@H](CO)C1. The van der Waals surface area contributed by atoms with E-state index in [-0.39, 0.29) is 30.5 Å². The van der Waals surface area contributed by atoms with Crippen molar-refractivity contribution < 1.29 is 9.90 Å². The molecule has 2 amide bonds. The zero-order chi connectivity index (χ0) is 17.5. The van der Waals surface area contributed by atoms with Gasteiger partial charge >= 0.3 is 6.03 Å². The summed E-state index contributed by atoms with van der Waals surface area (Å²) in [6.45, 7) is 0.653. The van der Waals surface area contributed by atoms with Crippen LogP contribution in [0.2, 0.25) is 0 Å². The summed E-state index contributed by atoms with van der Waals surface area (Å²) in [6.07, 6.45) is 4.67. The molecule has 0 spiro atoms. The Hall–Kier alpha value is -2.59. The molecule has 0 radical (unpaired) electrons. The number of carbonyl (C=O) groups excluding carboxylic acids is 1. The summed E-state index contributed by atoms with van der Waals surface area (Å²) in [5.74, 6) is 0.254. The molecule has 0 saturated heterocycles. The molecular weight excluding hydrogens is 312 g/mol. The van der Waals surface area contributed by atoms with E-state index >= 15 is 0 Å². The minimum absolute atomic E-state index is 0.0101. The molecule has 0 bridgehead atoms. The van der Waals surface area contributed by atoms with Gasteiger partial charge in [-0.05, 0) is 17.5 Å². The molecule has 0 aromatic heterocycles. The molecule has 3 rings (SSSR count). The standard InChI is InChI=1S/C21H24N2O2/c24-15-16-11-12-19(13-16)23-21(25)22-14-20(17-7-3-1-4-8-17)18-9-5-2-6-10-18/h1-12,16,19-20,24H,13-15H2,(H2,22,23,25)/t16-,19+/m0/s1. The van der Waals surface area contributed by atoms with E-state index in [4.69, 9.17) is 5.11 Å². The Labute approximate surface area is 148 Å². The van der Waals surface area contributed by atoms with Crippen LogP contribution in [-0.2, 0) is 0 Å². The molecule has 3 N–H and O–H groups in total. The van der Waals surface area contributed by atoms with E-state index in [0.29, 0.717) is 6.54 Å². The molecule has 0 saturated carbocycles. The maximum Gasteiger partial charge on any atom is 0.315 e. The lowest BCUT2D eigenvalue weighted by Crippen LogP contribution is -2.42. The fourth-order valence-electron chi connectivity index (χ4n) is 3.23. The first-order valence-electron chi connectivity index (χ1n) is 8.69. The van der Waals surface area contributed by atoms with E-state index in [1.165, 1.54) is 11.1 Å². The number of amides is 2. The summed E-state index contributed by atoms with van der Waals surface area (Å²) in [4.78, 5) is 12.2. The van der Waals surface area contributed by atoms with Gasteiger partial charge in [0.1, 0.15) is 0 Å². The van der Waals surface area contributed by atoms with Crippen molar-refractivity contribution in [1.29, 1.82) is 0 Å². The number of hydrogen-bond acceptors (Lipinski definition) is 2. The van der Waals surface area contributed by atoms with Crippen LogP contribution in [0.3, 0.4) is 0 Å². The van der Waals surface area contributed by atoms with Gasteiger partial charge in [0.05, 0.1) is 0 Å². The molecule has 4 nitrogen and oxygen atoms in total. The van der Waals surface area contributed by atoms with Crippen LogP contribution in [0, 0.1) is 5.92 Å². The number of carbonyl (C=O) groups is 1. The smallest absolute Gasteiger partial charge is 0.315 e. The van der Waals surface area contributed by atoms with Crippen LogP contribution < -0.4 is 10.6 Å². The van der Waals surface area contributed by atoms with E-state index in [1.54, 1.807) is 0 Å². The minimum Gasteiger partial charge on any atom is -0.396 e. The zero-order valence-electron chi connectivity index (χ0n) is 14.1. The van der Waals surface area contributed by atoms with Crippen molar-refractivity contribution in [2.24, 2.45) is 5.92 Å². The maximum absolute atomic E-state index is 12.2. The summed E-state index contributed by atoms with van der Waals surface area (Å²) >= 11 is 0. The second-order valence-corrected chi connectivity index (χ2v) is 6.40. The van der Waals surface area contributed by atoms with Gasteiger partial charge in [0.15, 0.2) is 0 Å². The van der Waals surface area contributed by atoms with E-state index in [9.17, 15) is 4.79 Å². The fraction of sp³-hybridized carbons (Fsp3) is 0.286. The molecular formula is C21H24N2O2. The average molecular weight is 336 g/mol. The topological polar surface area (TPSA) is 61.4 Å². The summed E-state index contributed by atoms with van der Waals surface area (Å²) < 4.78 is 0. The molecule has 0 fully saturated rings.